The maximum absolute atomic E-state index is 11.3. The van der Waals surface area contributed by atoms with Crippen LogP contribution in [0.5, 0.6) is 0 Å². The zero-order chi connectivity index (χ0) is 15.0. The van der Waals surface area contributed by atoms with Gasteiger partial charge in [0, 0.05) is 22.9 Å². The third-order valence-electron chi connectivity index (χ3n) is 3.76. The molecule has 2 aromatic rings. The third kappa shape index (κ3) is 2.71. The SMILES string of the molecule is O=[N+]([O-])c1cnc2ccc(Br)cc2c1N1CCC(O)CC1. The quantitative estimate of drug-likeness (QED) is 0.664. The number of piperidine rings is 1. The van der Waals surface area contributed by atoms with Crippen LogP contribution in [0.25, 0.3) is 10.9 Å². The maximum atomic E-state index is 11.3. The summed E-state index contributed by atoms with van der Waals surface area (Å²) in [4.78, 5) is 17.1. The molecule has 0 bridgehead atoms. The lowest BCUT2D eigenvalue weighted by Gasteiger charge is -2.31. The second-order valence-corrected chi connectivity index (χ2v) is 6.04. The molecular formula is C14H14BrN3O3. The molecule has 21 heavy (non-hydrogen) atoms. The number of benzene rings is 1. The molecule has 7 heteroatoms. The summed E-state index contributed by atoms with van der Waals surface area (Å²) >= 11 is 3.41. The van der Waals surface area contributed by atoms with Crippen molar-refractivity contribution in [1.82, 2.24) is 4.98 Å². The zero-order valence-corrected chi connectivity index (χ0v) is 12.8. The number of aliphatic hydroxyl groups excluding tert-OH is 1. The van der Waals surface area contributed by atoms with E-state index in [0.717, 1.165) is 15.4 Å². The molecule has 1 N–H and O–H groups in total. The van der Waals surface area contributed by atoms with Crippen molar-refractivity contribution in [3.8, 4) is 0 Å². The Hall–Kier alpha value is -1.73. The molecule has 0 amide bonds. The number of aliphatic hydroxyl groups is 1. The van der Waals surface area contributed by atoms with Crippen LogP contribution < -0.4 is 4.90 Å². The van der Waals surface area contributed by atoms with Gasteiger partial charge in [-0.05, 0) is 31.0 Å². The Labute approximate surface area is 129 Å². The van der Waals surface area contributed by atoms with Gasteiger partial charge in [0.25, 0.3) is 0 Å². The van der Waals surface area contributed by atoms with Crippen molar-refractivity contribution >= 4 is 38.2 Å². The van der Waals surface area contributed by atoms with E-state index < -0.39 is 4.92 Å². The summed E-state index contributed by atoms with van der Waals surface area (Å²) in [5, 5.41) is 21.7. The van der Waals surface area contributed by atoms with E-state index in [-0.39, 0.29) is 11.8 Å². The molecule has 0 saturated carbocycles. The fourth-order valence-corrected chi connectivity index (χ4v) is 3.06. The van der Waals surface area contributed by atoms with Crippen LogP contribution in [0.4, 0.5) is 11.4 Å². The Morgan fingerprint density at radius 3 is 2.76 bits per heavy atom. The normalized spacial score (nSPS) is 16.4. The van der Waals surface area contributed by atoms with Gasteiger partial charge in [0.2, 0.25) is 0 Å². The van der Waals surface area contributed by atoms with Crippen LogP contribution in [0.15, 0.2) is 28.9 Å². The summed E-state index contributed by atoms with van der Waals surface area (Å²) in [6.07, 6.45) is 2.24. The second kappa shape index (κ2) is 5.57. The first-order chi connectivity index (χ1) is 10.1. The van der Waals surface area contributed by atoms with Gasteiger partial charge in [-0.15, -0.1) is 0 Å². The van der Waals surface area contributed by atoms with Gasteiger partial charge in [-0.3, -0.25) is 10.1 Å². The fourth-order valence-electron chi connectivity index (χ4n) is 2.70. The first kappa shape index (κ1) is 14.2. The van der Waals surface area contributed by atoms with E-state index in [1.165, 1.54) is 6.20 Å². The topological polar surface area (TPSA) is 79.5 Å². The number of hydrogen-bond donors (Lipinski definition) is 1. The highest BCUT2D eigenvalue weighted by Gasteiger charge is 2.26. The monoisotopic (exact) mass is 351 g/mol. The lowest BCUT2D eigenvalue weighted by Crippen LogP contribution is -2.36. The van der Waals surface area contributed by atoms with E-state index in [9.17, 15) is 15.2 Å². The zero-order valence-electron chi connectivity index (χ0n) is 11.2. The first-order valence-corrected chi connectivity index (χ1v) is 7.51. The van der Waals surface area contributed by atoms with Gasteiger partial charge in [-0.25, -0.2) is 4.98 Å². The van der Waals surface area contributed by atoms with Crippen LogP contribution in [0, 0.1) is 10.1 Å². The molecule has 0 atom stereocenters. The van der Waals surface area contributed by atoms with Gasteiger partial charge in [0.05, 0.1) is 16.5 Å². The van der Waals surface area contributed by atoms with Crippen LogP contribution >= 0.6 is 15.9 Å². The lowest BCUT2D eigenvalue weighted by atomic mass is 10.1. The summed E-state index contributed by atoms with van der Waals surface area (Å²) < 4.78 is 0.857. The Bertz CT molecular complexity index is 699. The minimum atomic E-state index is -0.395. The number of rotatable bonds is 2. The summed E-state index contributed by atoms with van der Waals surface area (Å²) in [7, 11) is 0. The minimum absolute atomic E-state index is 0.0111. The number of nitro groups is 1. The largest absolute Gasteiger partial charge is 0.393 e. The van der Waals surface area contributed by atoms with E-state index in [1.54, 1.807) is 0 Å². The highest BCUT2D eigenvalue weighted by atomic mass is 79.9. The van der Waals surface area contributed by atoms with Crippen LogP contribution in [-0.4, -0.2) is 34.2 Å². The predicted octanol–water partition coefficient (Wildman–Crippen LogP) is 2.87. The number of halogens is 1. The van der Waals surface area contributed by atoms with Crippen LogP contribution in [-0.2, 0) is 0 Å². The lowest BCUT2D eigenvalue weighted by molar-refractivity contribution is -0.384. The smallest absolute Gasteiger partial charge is 0.311 e. The maximum Gasteiger partial charge on any atom is 0.311 e. The Morgan fingerprint density at radius 1 is 1.38 bits per heavy atom. The number of aromatic nitrogens is 1. The predicted molar refractivity (Wildman–Crippen MR) is 83.6 cm³/mol. The molecule has 6 nitrogen and oxygen atoms in total. The van der Waals surface area contributed by atoms with E-state index in [2.05, 4.69) is 20.9 Å². The van der Waals surface area contributed by atoms with E-state index in [4.69, 9.17) is 0 Å². The highest BCUT2D eigenvalue weighted by Crippen LogP contribution is 2.37. The fraction of sp³-hybridized carbons (Fsp3) is 0.357. The van der Waals surface area contributed by atoms with Crippen molar-refractivity contribution in [2.24, 2.45) is 0 Å². The molecule has 1 saturated heterocycles. The van der Waals surface area contributed by atoms with Gasteiger partial charge in [0.15, 0.2) is 0 Å². The van der Waals surface area contributed by atoms with Crippen molar-refractivity contribution in [2.75, 3.05) is 18.0 Å². The number of pyridine rings is 1. The molecule has 1 aliphatic heterocycles. The Balaban J connectivity index is 2.18. The number of anilines is 1. The summed E-state index contributed by atoms with van der Waals surface area (Å²) in [6, 6.07) is 5.56. The summed E-state index contributed by atoms with van der Waals surface area (Å²) in [6.45, 7) is 1.21. The number of fused-ring (bicyclic) bond motifs is 1. The minimum Gasteiger partial charge on any atom is -0.393 e. The Morgan fingerprint density at radius 2 is 2.10 bits per heavy atom. The molecule has 0 spiro atoms. The molecule has 1 aromatic carbocycles. The molecule has 1 aliphatic rings. The first-order valence-electron chi connectivity index (χ1n) is 6.72. The standard InChI is InChI=1S/C14H14BrN3O3/c15-9-1-2-12-11(7-9)14(13(8-16-12)18(20)21)17-5-3-10(19)4-6-17/h1-2,7-8,10,19H,3-6H2. The van der Waals surface area contributed by atoms with E-state index >= 15 is 0 Å². The molecule has 3 rings (SSSR count). The van der Waals surface area contributed by atoms with Gasteiger partial charge in [0.1, 0.15) is 11.9 Å². The van der Waals surface area contributed by atoms with Crippen LogP contribution in [0.2, 0.25) is 0 Å². The van der Waals surface area contributed by atoms with Crippen molar-refractivity contribution in [3.05, 3.63) is 39.0 Å². The molecule has 0 aliphatic carbocycles. The molecule has 1 fully saturated rings. The highest BCUT2D eigenvalue weighted by molar-refractivity contribution is 9.10. The molecule has 110 valence electrons. The molecule has 2 heterocycles. The van der Waals surface area contributed by atoms with Crippen molar-refractivity contribution < 1.29 is 10.0 Å². The average molecular weight is 352 g/mol. The van der Waals surface area contributed by atoms with Crippen molar-refractivity contribution in [1.29, 1.82) is 0 Å². The molecule has 0 unspecified atom stereocenters. The van der Waals surface area contributed by atoms with E-state index in [1.807, 2.05) is 23.1 Å². The number of nitrogens with zero attached hydrogens (tertiary/aromatic N) is 3. The summed E-state index contributed by atoms with van der Waals surface area (Å²) in [5.74, 6) is 0. The number of hydrogen-bond acceptors (Lipinski definition) is 5. The van der Waals surface area contributed by atoms with E-state index in [0.29, 0.717) is 31.6 Å². The summed E-state index contributed by atoms with van der Waals surface area (Å²) in [5.41, 5.74) is 1.33. The van der Waals surface area contributed by atoms with Crippen molar-refractivity contribution in [2.45, 2.75) is 18.9 Å². The molecule has 1 aromatic heterocycles. The Kier molecular flexibility index (Phi) is 3.77. The second-order valence-electron chi connectivity index (χ2n) is 5.13. The van der Waals surface area contributed by atoms with Crippen LogP contribution in [0.3, 0.4) is 0 Å². The average Bonchev–Trinajstić information content (AvgIpc) is 2.47. The van der Waals surface area contributed by atoms with Gasteiger partial charge in [-0.2, -0.15) is 0 Å². The van der Waals surface area contributed by atoms with Gasteiger partial charge >= 0.3 is 5.69 Å². The van der Waals surface area contributed by atoms with Crippen LogP contribution in [0.1, 0.15) is 12.8 Å². The van der Waals surface area contributed by atoms with Gasteiger partial charge < -0.3 is 10.0 Å². The third-order valence-corrected chi connectivity index (χ3v) is 4.25. The van der Waals surface area contributed by atoms with Gasteiger partial charge in [-0.1, -0.05) is 15.9 Å². The van der Waals surface area contributed by atoms with Crippen molar-refractivity contribution in [3.63, 3.8) is 0 Å². The molecular weight excluding hydrogens is 338 g/mol. The molecule has 0 radical (unpaired) electrons.